The molecule has 0 unspecified atom stereocenters. The maximum Gasteiger partial charge on any atom is 0.487 e. The van der Waals surface area contributed by atoms with E-state index in [1.165, 1.54) is 36.7 Å². The van der Waals surface area contributed by atoms with E-state index >= 15 is 0 Å². The van der Waals surface area contributed by atoms with Crippen LogP contribution in [0.4, 0.5) is 20.3 Å². The lowest BCUT2D eigenvalue weighted by molar-refractivity contribution is -0.0964. The van der Waals surface area contributed by atoms with Gasteiger partial charge in [-0.1, -0.05) is 0 Å². The summed E-state index contributed by atoms with van der Waals surface area (Å²) in [7, 11) is 0. The number of aliphatic hydroxyl groups excluding tert-OH is 1. The van der Waals surface area contributed by atoms with Crippen LogP contribution in [0.25, 0.3) is 11.3 Å². The molecule has 1 atom stereocenters. The molecule has 0 bridgehead atoms. The number of aromatic nitrogens is 3. The number of aliphatic hydroxyl groups is 1. The first-order chi connectivity index (χ1) is 15.7. The lowest BCUT2D eigenvalue weighted by Gasteiger charge is -2.25. The lowest BCUT2D eigenvalue weighted by atomic mass is 10.1. The Labute approximate surface area is 194 Å². The van der Waals surface area contributed by atoms with Crippen LogP contribution in [0.3, 0.4) is 0 Å². The molecule has 0 radical (unpaired) electrons. The molecule has 2 aromatic heterocycles. The molecule has 0 aliphatic rings. The van der Waals surface area contributed by atoms with Crippen molar-refractivity contribution in [2.24, 2.45) is 0 Å². The third-order valence-corrected chi connectivity index (χ3v) is 4.57. The summed E-state index contributed by atoms with van der Waals surface area (Å²) in [4.78, 5) is 19.2. The van der Waals surface area contributed by atoms with Crippen molar-refractivity contribution in [1.82, 2.24) is 15.2 Å². The van der Waals surface area contributed by atoms with E-state index in [0.29, 0.717) is 35.9 Å². The van der Waals surface area contributed by atoms with Gasteiger partial charge in [-0.3, -0.25) is 4.79 Å². The molecule has 1 aromatic carbocycles. The molecule has 11 heteroatoms. The Morgan fingerprint density at radius 2 is 2.03 bits per heavy atom. The Morgan fingerprint density at radius 3 is 2.61 bits per heavy atom. The van der Waals surface area contributed by atoms with Crippen molar-refractivity contribution < 1.29 is 23.4 Å². The number of rotatable bonds is 9. The van der Waals surface area contributed by atoms with Crippen LogP contribution in [0.1, 0.15) is 24.2 Å². The van der Waals surface area contributed by atoms with Crippen molar-refractivity contribution in [1.29, 1.82) is 0 Å². The summed E-state index contributed by atoms with van der Waals surface area (Å²) < 4.78 is 29.7. The Balaban J connectivity index is 1.88. The Kier molecular flexibility index (Phi) is 7.72. The number of ether oxygens (including phenoxy) is 1. The molecule has 0 fully saturated rings. The normalized spacial score (nSPS) is 12.2. The van der Waals surface area contributed by atoms with Gasteiger partial charge in [0.1, 0.15) is 11.6 Å². The van der Waals surface area contributed by atoms with Gasteiger partial charge in [-0.2, -0.15) is 10.2 Å². The average molecular weight is 478 g/mol. The first-order valence-corrected chi connectivity index (χ1v) is 10.4. The second kappa shape index (κ2) is 10.5. The largest absolute Gasteiger partial charge is 0.487 e. The predicted molar refractivity (Wildman–Crippen MR) is 121 cm³/mol. The van der Waals surface area contributed by atoms with Crippen molar-refractivity contribution in [3.8, 4) is 17.0 Å². The molecular formula is C22H22ClF2N5O3. The third kappa shape index (κ3) is 6.80. The zero-order valence-electron chi connectivity index (χ0n) is 17.9. The van der Waals surface area contributed by atoms with E-state index in [4.69, 9.17) is 11.6 Å². The fourth-order valence-corrected chi connectivity index (χ4v) is 3.18. The van der Waals surface area contributed by atoms with Gasteiger partial charge in [-0.15, -0.1) is 8.78 Å². The molecule has 33 heavy (non-hydrogen) atoms. The Bertz CT molecular complexity index is 1080. The van der Waals surface area contributed by atoms with Crippen LogP contribution in [-0.2, 0) is 0 Å². The van der Waals surface area contributed by atoms with Crippen LogP contribution in [0.15, 0.2) is 54.9 Å². The molecular weight excluding hydrogens is 456 g/mol. The molecule has 8 nitrogen and oxygen atoms in total. The fourth-order valence-electron chi connectivity index (χ4n) is 3.09. The molecule has 0 spiro atoms. The molecule has 0 aliphatic heterocycles. The Morgan fingerprint density at radius 1 is 1.30 bits per heavy atom. The van der Waals surface area contributed by atoms with E-state index < -0.39 is 17.6 Å². The summed E-state index contributed by atoms with van der Waals surface area (Å²) in [5.74, 6) is -0.0604. The van der Waals surface area contributed by atoms with Crippen LogP contribution >= 0.6 is 11.6 Å². The molecule has 2 N–H and O–H groups in total. The van der Waals surface area contributed by atoms with Gasteiger partial charge in [0.25, 0.3) is 5.91 Å². The number of pyridine rings is 1. The smallest absolute Gasteiger partial charge is 0.420 e. The summed E-state index contributed by atoms with van der Waals surface area (Å²) in [5, 5.41) is 20.6. The molecule has 2 heterocycles. The second-order valence-electron chi connectivity index (χ2n) is 7.12. The Hall–Kier alpha value is -3.37. The molecule has 3 aromatic rings. The number of hydrogen-bond acceptors (Lipinski definition) is 7. The van der Waals surface area contributed by atoms with Gasteiger partial charge in [-0.25, -0.2) is 4.98 Å². The van der Waals surface area contributed by atoms with Gasteiger partial charge >= 0.3 is 5.57 Å². The quantitative estimate of drug-likeness (QED) is 0.446. The number of likely N-dealkylation sites (N-methyl/N-ethyl adjacent to an activating group) is 1. The number of carbonyl (C=O) groups excluding carboxylic acids is 1. The maximum absolute atomic E-state index is 12.8. The maximum atomic E-state index is 12.8. The number of nitrogens with zero attached hydrogens (tertiary/aromatic N) is 4. The van der Waals surface area contributed by atoms with Crippen LogP contribution in [-0.4, -0.2) is 51.0 Å². The van der Waals surface area contributed by atoms with Gasteiger partial charge in [0.15, 0.2) is 0 Å². The molecule has 3 rings (SSSR count). The number of anilines is 2. The van der Waals surface area contributed by atoms with E-state index in [-0.39, 0.29) is 11.3 Å². The molecule has 1 amide bonds. The lowest BCUT2D eigenvalue weighted by Crippen LogP contribution is -2.32. The highest BCUT2D eigenvalue weighted by atomic mass is 35.5. The number of amides is 1. The first-order valence-electron chi connectivity index (χ1n) is 10.0. The third-order valence-electron chi connectivity index (χ3n) is 4.49. The minimum absolute atomic E-state index is 0.151. The molecule has 0 aliphatic carbocycles. The standard InChI is InChI=1S/C22H22ClF2N5O3/c1-3-30(13-14(2)31)20-18(19-5-4-10-27-29-19)11-15(12-26-20)21(32)28-16-6-8-17(9-7-16)33-22(23,24)25/h4-12,14,31H,3,13H2,1-2H3,(H,28,32)/t14-/m1/s1. The summed E-state index contributed by atoms with van der Waals surface area (Å²) in [6.45, 7) is 4.53. The van der Waals surface area contributed by atoms with E-state index in [2.05, 4.69) is 25.2 Å². The first kappa shape index (κ1) is 24.3. The predicted octanol–water partition coefficient (Wildman–Crippen LogP) is 4.17. The van der Waals surface area contributed by atoms with Crippen molar-refractivity contribution in [2.75, 3.05) is 23.3 Å². The number of hydrogen-bond donors (Lipinski definition) is 2. The van der Waals surface area contributed by atoms with E-state index in [1.54, 1.807) is 25.1 Å². The van der Waals surface area contributed by atoms with Crippen molar-refractivity contribution in [3.05, 3.63) is 60.4 Å². The van der Waals surface area contributed by atoms with Gasteiger partial charge in [-0.05, 0) is 56.3 Å². The summed E-state index contributed by atoms with van der Waals surface area (Å²) in [6.07, 6.45) is 2.37. The van der Waals surface area contributed by atoms with Crippen LogP contribution in [0, 0.1) is 0 Å². The summed E-state index contributed by atoms with van der Waals surface area (Å²) in [6, 6.07) is 10.4. The van der Waals surface area contributed by atoms with Gasteiger partial charge in [0.2, 0.25) is 0 Å². The van der Waals surface area contributed by atoms with Crippen LogP contribution in [0.2, 0.25) is 0 Å². The van der Waals surface area contributed by atoms with Crippen LogP contribution < -0.4 is 15.0 Å². The van der Waals surface area contributed by atoms with Gasteiger partial charge < -0.3 is 20.1 Å². The zero-order chi connectivity index (χ0) is 24.0. The topological polar surface area (TPSA) is 100 Å². The SMILES string of the molecule is CCN(C[C@@H](C)O)c1ncc(C(=O)Nc2ccc(OC(F)(F)Cl)cc2)cc1-c1cccnn1. The van der Waals surface area contributed by atoms with Crippen molar-refractivity contribution in [3.63, 3.8) is 0 Å². The minimum atomic E-state index is -3.82. The number of nitrogens with one attached hydrogen (secondary N) is 1. The minimum Gasteiger partial charge on any atom is -0.420 e. The summed E-state index contributed by atoms with van der Waals surface area (Å²) >= 11 is 4.75. The number of alkyl halides is 3. The van der Waals surface area contributed by atoms with E-state index in [1.807, 2.05) is 11.8 Å². The highest BCUT2D eigenvalue weighted by Gasteiger charge is 2.27. The van der Waals surface area contributed by atoms with Gasteiger partial charge in [0, 0.05) is 48.3 Å². The van der Waals surface area contributed by atoms with Gasteiger partial charge in [0.05, 0.1) is 17.4 Å². The number of benzene rings is 1. The molecule has 0 saturated heterocycles. The molecule has 174 valence electrons. The van der Waals surface area contributed by atoms with Crippen molar-refractivity contribution in [2.45, 2.75) is 25.5 Å². The average Bonchev–Trinajstić information content (AvgIpc) is 2.78. The highest BCUT2D eigenvalue weighted by Crippen LogP contribution is 2.29. The zero-order valence-corrected chi connectivity index (χ0v) is 18.6. The van der Waals surface area contributed by atoms with E-state index in [0.717, 1.165) is 0 Å². The van der Waals surface area contributed by atoms with Crippen molar-refractivity contribution >= 4 is 29.0 Å². The highest BCUT2D eigenvalue weighted by molar-refractivity contribution is 6.20. The number of carbonyl (C=O) groups is 1. The van der Waals surface area contributed by atoms with Crippen LogP contribution in [0.5, 0.6) is 5.75 Å². The second-order valence-corrected chi connectivity index (χ2v) is 7.56. The fraction of sp³-hybridized carbons (Fsp3) is 0.273. The summed E-state index contributed by atoms with van der Waals surface area (Å²) in [5.41, 5.74) is -2.12. The number of halogens is 3. The van der Waals surface area contributed by atoms with E-state index in [9.17, 15) is 18.7 Å². The monoisotopic (exact) mass is 477 g/mol. The molecule has 0 saturated carbocycles.